The summed E-state index contributed by atoms with van der Waals surface area (Å²) in [5, 5.41) is 12.1. The Balaban J connectivity index is 1.00. The lowest BCUT2D eigenvalue weighted by atomic mass is 9.85. The van der Waals surface area contributed by atoms with Crippen LogP contribution in [0.3, 0.4) is 0 Å². The van der Waals surface area contributed by atoms with Crippen LogP contribution < -0.4 is 0 Å². The van der Waals surface area contributed by atoms with Crippen LogP contribution in [0.15, 0.2) is 261 Å². The Labute approximate surface area is 426 Å². The first-order chi connectivity index (χ1) is 36.8. The second-order valence-corrected chi connectivity index (χ2v) is 19.0. The molecule has 0 bridgehead atoms. The lowest BCUT2D eigenvalue weighted by Crippen LogP contribution is -2.07. The number of hydrogen-bond donors (Lipinski definition) is 0. The van der Waals surface area contributed by atoms with Gasteiger partial charge in [0.2, 0.25) is 5.95 Å². The summed E-state index contributed by atoms with van der Waals surface area (Å²) in [5.41, 5.74) is 14.1. The van der Waals surface area contributed by atoms with Gasteiger partial charge in [0.1, 0.15) is 0 Å². The lowest BCUT2D eigenvalue weighted by Gasteiger charge is -2.20. The van der Waals surface area contributed by atoms with Gasteiger partial charge in [-0.2, -0.15) is 9.97 Å². The van der Waals surface area contributed by atoms with Crippen LogP contribution in [0.4, 0.5) is 0 Å². The Morgan fingerprint density at radius 1 is 0.230 bits per heavy atom. The molecule has 0 aliphatic rings. The van der Waals surface area contributed by atoms with E-state index in [1.54, 1.807) is 0 Å². The quantitative estimate of drug-likeness (QED) is 0.150. The molecule has 15 rings (SSSR count). The van der Waals surface area contributed by atoms with Gasteiger partial charge in [0.25, 0.3) is 0 Å². The summed E-state index contributed by atoms with van der Waals surface area (Å²) in [4.78, 5) is 15.8. The fourth-order valence-corrected chi connectivity index (χ4v) is 11.8. The van der Waals surface area contributed by atoms with Crippen molar-refractivity contribution in [2.45, 2.75) is 0 Å². The molecule has 5 heteroatoms. The van der Waals surface area contributed by atoms with E-state index < -0.39 is 0 Å². The highest BCUT2D eigenvalue weighted by atomic mass is 15.2. The monoisotopic (exact) mass is 941 g/mol. The molecule has 0 spiro atoms. The van der Waals surface area contributed by atoms with Crippen LogP contribution in [-0.2, 0) is 0 Å². The van der Waals surface area contributed by atoms with E-state index in [0.29, 0.717) is 17.6 Å². The summed E-state index contributed by atoms with van der Waals surface area (Å²) < 4.78 is 4.76. The van der Waals surface area contributed by atoms with Gasteiger partial charge in [0, 0.05) is 38.2 Å². The van der Waals surface area contributed by atoms with Crippen molar-refractivity contribution >= 4 is 75.9 Å². The van der Waals surface area contributed by atoms with E-state index in [1.165, 1.54) is 49.0 Å². The molecule has 0 saturated carbocycles. The smallest absolute Gasteiger partial charge is 0.238 e. The molecule has 0 saturated heterocycles. The molecule has 344 valence electrons. The molecule has 0 atom stereocenters. The number of para-hydroxylation sites is 3. The first-order valence-corrected chi connectivity index (χ1v) is 25.2. The second kappa shape index (κ2) is 16.8. The molecule has 74 heavy (non-hydrogen) atoms. The summed E-state index contributed by atoms with van der Waals surface area (Å²) in [5.74, 6) is 1.78. The Hall–Kier alpha value is -9.97. The third kappa shape index (κ3) is 6.40. The molecule has 0 N–H and O–H groups in total. The number of nitrogens with zero attached hydrogens (tertiary/aromatic N) is 5. The molecule has 0 amide bonds. The zero-order valence-corrected chi connectivity index (χ0v) is 40.1. The van der Waals surface area contributed by atoms with Gasteiger partial charge in [-0.05, 0) is 78.3 Å². The molecule has 0 fully saturated rings. The predicted octanol–water partition coefficient (Wildman–Crippen LogP) is 17.9. The standard InChI is InChI=1S/C69H43N5/c1-3-22-44(23-4-1)67-70-68(45-24-5-2-6-25-45)72-69(71-67)74-63-41-20-17-35-55(63)60-43-42-59-54-34-16-19-40-62(54)73(65(59)66(60)74)61-39-18-15-33-53(61)49-29-10-7-26-46(49)47-27-8-11-30-50(47)57-37-21-38-58-52-31-12-9-28-48(52)51-32-13-14-36-56(51)64(57)58/h1-43H. The lowest BCUT2D eigenvalue weighted by molar-refractivity contribution is 0.953. The minimum absolute atomic E-state index is 0.553. The molecule has 0 unspecified atom stereocenters. The Morgan fingerprint density at radius 3 is 1.15 bits per heavy atom. The summed E-state index contributed by atoms with van der Waals surface area (Å²) in [6.45, 7) is 0. The van der Waals surface area contributed by atoms with Crippen molar-refractivity contribution < 1.29 is 0 Å². The van der Waals surface area contributed by atoms with E-state index in [9.17, 15) is 0 Å². The molecule has 0 aliphatic heterocycles. The fourth-order valence-electron chi connectivity index (χ4n) is 11.8. The van der Waals surface area contributed by atoms with E-state index in [-0.39, 0.29) is 0 Å². The minimum Gasteiger partial charge on any atom is -0.307 e. The van der Waals surface area contributed by atoms with Crippen LogP contribution in [0.2, 0.25) is 0 Å². The van der Waals surface area contributed by atoms with Gasteiger partial charge in [-0.1, -0.05) is 243 Å². The normalized spacial score (nSPS) is 11.8. The van der Waals surface area contributed by atoms with Crippen molar-refractivity contribution in [2.24, 2.45) is 0 Å². The van der Waals surface area contributed by atoms with Gasteiger partial charge >= 0.3 is 0 Å². The van der Waals surface area contributed by atoms with Gasteiger partial charge in [-0.3, -0.25) is 4.57 Å². The number of benzene rings is 12. The maximum absolute atomic E-state index is 5.36. The van der Waals surface area contributed by atoms with Crippen LogP contribution >= 0.6 is 0 Å². The van der Waals surface area contributed by atoms with Crippen LogP contribution in [0.25, 0.3) is 144 Å². The molecule has 0 aliphatic carbocycles. The highest BCUT2D eigenvalue weighted by molar-refractivity contribution is 6.29. The van der Waals surface area contributed by atoms with Crippen molar-refractivity contribution in [3.05, 3.63) is 261 Å². The van der Waals surface area contributed by atoms with Gasteiger partial charge in [-0.25, -0.2) is 4.98 Å². The molecule has 12 aromatic carbocycles. The van der Waals surface area contributed by atoms with Gasteiger partial charge in [0.05, 0.1) is 27.8 Å². The molecule has 3 aromatic heterocycles. The van der Waals surface area contributed by atoms with Crippen LogP contribution in [0, 0.1) is 0 Å². The third-order valence-electron chi connectivity index (χ3n) is 15.0. The molecular formula is C69H43N5. The zero-order valence-electron chi connectivity index (χ0n) is 40.1. The number of fused-ring (bicyclic) bond motifs is 13. The molecule has 15 aromatic rings. The highest BCUT2D eigenvalue weighted by Gasteiger charge is 2.26. The second-order valence-electron chi connectivity index (χ2n) is 19.0. The molecule has 5 nitrogen and oxygen atoms in total. The summed E-state index contributed by atoms with van der Waals surface area (Å²) in [7, 11) is 0. The number of aromatic nitrogens is 5. The van der Waals surface area contributed by atoms with Gasteiger partial charge in [-0.15, -0.1) is 0 Å². The van der Waals surface area contributed by atoms with E-state index in [1.807, 2.05) is 36.4 Å². The van der Waals surface area contributed by atoms with Gasteiger partial charge < -0.3 is 4.57 Å². The van der Waals surface area contributed by atoms with E-state index in [2.05, 4.69) is 234 Å². The minimum atomic E-state index is 0.553. The van der Waals surface area contributed by atoms with E-state index >= 15 is 0 Å². The topological polar surface area (TPSA) is 48.5 Å². The average Bonchev–Trinajstić information content (AvgIpc) is 4.03. The Morgan fingerprint density at radius 2 is 0.595 bits per heavy atom. The van der Waals surface area contributed by atoms with Crippen LogP contribution in [0.1, 0.15) is 0 Å². The highest BCUT2D eigenvalue weighted by Crippen LogP contribution is 2.47. The maximum Gasteiger partial charge on any atom is 0.238 e. The molecular weight excluding hydrogens is 899 g/mol. The fraction of sp³-hybridized carbons (Fsp3) is 0. The Bertz CT molecular complexity index is 4620. The largest absolute Gasteiger partial charge is 0.307 e. The summed E-state index contributed by atoms with van der Waals surface area (Å²) in [6, 6.07) is 93.7. The zero-order chi connectivity index (χ0) is 48.7. The average molecular weight is 942 g/mol. The van der Waals surface area contributed by atoms with Crippen molar-refractivity contribution in [1.82, 2.24) is 24.1 Å². The first-order valence-electron chi connectivity index (χ1n) is 25.2. The van der Waals surface area contributed by atoms with Crippen molar-refractivity contribution in [1.29, 1.82) is 0 Å². The van der Waals surface area contributed by atoms with Crippen LogP contribution in [0.5, 0.6) is 0 Å². The third-order valence-corrected chi connectivity index (χ3v) is 15.0. The van der Waals surface area contributed by atoms with E-state index in [0.717, 1.165) is 77.1 Å². The van der Waals surface area contributed by atoms with E-state index in [4.69, 9.17) is 15.0 Å². The first kappa shape index (κ1) is 41.8. The van der Waals surface area contributed by atoms with Crippen LogP contribution in [-0.4, -0.2) is 24.1 Å². The maximum atomic E-state index is 5.36. The van der Waals surface area contributed by atoms with Crippen molar-refractivity contribution in [2.75, 3.05) is 0 Å². The molecule has 3 heterocycles. The number of rotatable bonds is 7. The number of hydrogen-bond acceptors (Lipinski definition) is 3. The van der Waals surface area contributed by atoms with Crippen molar-refractivity contribution in [3.8, 4) is 67.8 Å². The SMILES string of the molecule is c1ccc(-c2nc(-c3ccccc3)nc(-n3c4ccccc4c4ccc5c6ccccc6n(-c6ccccc6-c6ccccc6-c6ccccc6-c6cccc7c8ccccc8c8ccccc8c67)c5c43)n2)cc1. The predicted molar refractivity (Wildman–Crippen MR) is 308 cm³/mol. The summed E-state index contributed by atoms with van der Waals surface area (Å²) >= 11 is 0. The van der Waals surface area contributed by atoms with Crippen molar-refractivity contribution in [3.63, 3.8) is 0 Å². The Kier molecular flexibility index (Phi) is 9.50. The summed E-state index contributed by atoms with van der Waals surface area (Å²) in [6.07, 6.45) is 0. The molecule has 0 radical (unpaired) electrons. The van der Waals surface area contributed by atoms with Gasteiger partial charge in [0.15, 0.2) is 11.6 Å².